The lowest BCUT2D eigenvalue weighted by Gasteiger charge is -2.24. The Hall–Kier alpha value is -1.72. The van der Waals surface area contributed by atoms with E-state index in [9.17, 15) is 12.8 Å². The largest absolute Gasteiger partial charge is 0.218 e. The number of sulfonamides is 1. The van der Waals surface area contributed by atoms with Gasteiger partial charge < -0.3 is 0 Å². The minimum Gasteiger partial charge on any atom is -0.212 e. The zero-order chi connectivity index (χ0) is 17.0. The van der Waals surface area contributed by atoms with Gasteiger partial charge in [-0.3, -0.25) is 0 Å². The van der Waals surface area contributed by atoms with Gasteiger partial charge in [0.15, 0.2) is 0 Å². The van der Waals surface area contributed by atoms with Crippen molar-refractivity contribution in [2.45, 2.75) is 30.9 Å². The second-order valence-electron chi connectivity index (χ2n) is 6.34. The highest BCUT2D eigenvalue weighted by molar-refractivity contribution is 7.88. The summed E-state index contributed by atoms with van der Waals surface area (Å²) in [7, 11) is -3.35. The fourth-order valence-electron chi connectivity index (χ4n) is 3.24. The molecule has 0 aliphatic carbocycles. The van der Waals surface area contributed by atoms with Crippen molar-refractivity contribution in [3.63, 3.8) is 0 Å². The third kappa shape index (κ3) is 4.22. The topological polar surface area (TPSA) is 37.4 Å². The summed E-state index contributed by atoms with van der Waals surface area (Å²) in [5, 5.41) is 0. The molecule has 1 fully saturated rings. The predicted octanol–water partition coefficient (Wildman–Crippen LogP) is 3.93. The Labute approximate surface area is 143 Å². The third-order valence-corrected chi connectivity index (χ3v) is 6.38. The van der Waals surface area contributed by atoms with Gasteiger partial charge in [-0.05, 0) is 42.0 Å². The van der Waals surface area contributed by atoms with Crippen molar-refractivity contribution < 1.29 is 12.8 Å². The van der Waals surface area contributed by atoms with Crippen LogP contribution in [0.3, 0.4) is 0 Å². The van der Waals surface area contributed by atoms with Crippen molar-refractivity contribution in [1.82, 2.24) is 4.31 Å². The Kier molecular flexibility index (Phi) is 5.31. The number of nitrogens with zero attached hydrogens (tertiary/aromatic N) is 1. The molecule has 0 saturated carbocycles. The lowest BCUT2D eigenvalue weighted by molar-refractivity contribution is 0.405. The summed E-state index contributed by atoms with van der Waals surface area (Å²) in [6.45, 7) is 1.04. The van der Waals surface area contributed by atoms with Crippen molar-refractivity contribution in [3.05, 3.63) is 71.5 Å². The number of benzene rings is 2. The molecule has 1 aliphatic heterocycles. The second-order valence-corrected chi connectivity index (χ2v) is 8.31. The molecule has 0 amide bonds. The zero-order valence-electron chi connectivity index (χ0n) is 13.6. The second kappa shape index (κ2) is 7.45. The van der Waals surface area contributed by atoms with Crippen LogP contribution in [0.4, 0.5) is 4.39 Å². The highest BCUT2D eigenvalue weighted by Crippen LogP contribution is 2.28. The Bertz CT molecular complexity index is 760. The Morgan fingerprint density at radius 2 is 1.71 bits per heavy atom. The van der Waals surface area contributed by atoms with Crippen LogP contribution in [-0.2, 0) is 15.8 Å². The first-order valence-electron chi connectivity index (χ1n) is 8.32. The molecule has 5 heteroatoms. The molecular weight excluding hydrogens is 325 g/mol. The molecule has 24 heavy (non-hydrogen) atoms. The van der Waals surface area contributed by atoms with Crippen LogP contribution in [0.25, 0.3) is 0 Å². The van der Waals surface area contributed by atoms with E-state index in [1.54, 1.807) is 16.4 Å². The van der Waals surface area contributed by atoms with Gasteiger partial charge >= 0.3 is 0 Å². The minimum absolute atomic E-state index is 0.0317. The molecule has 2 aromatic rings. The standard InChI is InChI=1S/C19H22FNO2S/c20-19-11-9-17(10-12-19)18-8-4-5-13-21(14-18)24(22,23)15-16-6-2-1-3-7-16/h1-3,6-7,9-12,18H,4-5,8,13-15H2. The maximum absolute atomic E-state index is 13.1. The van der Waals surface area contributed by atoms with Crippen molar-refractivity contribution in [1.29, 1.82) is 0 Å². The van der Waals surface area contributed by atoms with E-state index in [1.807, 2.05) is 30.3 Å². The van der Waals surface area contributed by atoms with Crippen LogP contribution in [0.5, 0.6) is 0 Å². The van der Waals surface area contributed by atoms with Crippen molar-refractivity contribution in [2.24, 2.45) is 0 Å². The van der Waals surface area contributed by atoms with Gasteiger partial charge in [0.1, 0.15) is 5.82 Å². The molecule has 128 valence electrons. The normalized spacial score (nSPS) is 19.8. The van der Waals surface area contributed by atoms with Crippen LogP contribution in [0, 0.1) is 5.82 Å². The maximum atomic E-state index is 13.1. The number of hydrogen-bond acceptors (Lipinski definition) is 2. The van der Waals surface area contributed by atoms with Crippen LogP contribution in [0.15, 0.2) is 54.6 Å². The van der Waals surface area contributed by atoms with E-state index in [1.165, 1.54) is 12.1 Å². The van der Waals surface area contributed by atoms with Crippen LogP contribution in [0.1, 0.15) is 36.3 Å². The molecule has 3 nitrogen and oxygen atoms in total. The quantitative estimate of drug-likeness (QED) is 0.840. The van der Waals surface area contributed by atoms with Gasteiger partial charge in [-0.2, -0.15) is 0 Å². The maximum Gasteiger partial charge on any atom is 0.218 e. The lowest BCUT2D eigenvalue weighted by Crippen LogP contribution is -2.35. The van der Waals surface area contributed by atoms with E-state index in [-0.39, 0.29) is 17.5 Å². The van der Waals surface area contributed by atoms with Crippen LogP contribution < -0.4 is 0 Å². The highest BCUT2D eigenvalue weighted by atomic mass is 32.2. The summed E-state index contributed by atoms with van der Waals surface area (Å²) >= 11 is 0. The van der Waals surface area contributed by atoms with Crippen molar-refractivity contribution in [3.8, 4) is 0 Å². The molecule has 0 aromatic heterocycles. The van der Waals surface area contributed by atoms with Crippen molar-refractivity contribution >= 4 is 10.0 Å². The van der Waals surface area contributed by atoms with E-state index in [0.29, 0.717) is 13.1 Å². The van der Waals surface area contributed by atoms with Gasteiger partial charge in [-0.15, -0.1) is 0 Å². The molecule has 0 spiro atoms. The molecule has 3 rings (SSSR count). The third-order valence-electron chi connectivity index (χ3n) is 4.56. The monoisotopic (exact) mass is 347 g/mol. The minimum atomic E-state index is -3.35. The molecule has 0 N–H and O–H groups in total. The Morgan fingerprint density at radius 1 is 1.00 bits per heavy atom. The van der Waals surface area contributed by atoms with Crippen LogP contribution in [0.2, 0.25) is 0 Å². The highest BCUT2D eigenvalue weighted by Gasteiger charge is 2.28. The van der Waals surface area contributed by atoms with Crippen LogP contribution >= 0.6 is 0 Å². The fourth-order valence-corrected chi connectivity index (χ4v) is 4.85. The van der Waals surface area contributed by atoms with Gasteiger partial charge in [0, 0.05) is 13.1 Å². The van der Waals surface area contributed by atoms with E-state index in [0.717, 1.165) is 30.4 Å². The van der Waals surface area contributed by atoms with Crippen molar-refractivity contribution in [2.75, 3.05) is 13.1 Å². The summed E-state index contributed by atoms with van der Waals surface area (Å²) in [6, 6.07) is 15.7. The van der Waals surface area contributed by atoms with E-state index >= 15 is 0 Å². The SMILES string of the molecule is O=S(=O)(Cc1ccccc1)N1CCCCC(c2ccc(F)cc2)C1. The van der Waals surface area contributed by atoms with E-state index in [2.05, 4.69) is 0 Å². The average Bonchev–Trinajstić information content (AvgIpc) is 2.83. The molecular formula is C19H22FNO2S. The summed E-state index contributed by atoms with van der Waals surface area (Å²) in [5.74, 6) is -0.108. The predicted molar refractivity (Wildman–Crippen MR) is 93.6 cm³/mol. The molecule has 0 bridgehead atoms. The Balaban J connectivity index is 1.77. The fraction of sp³-hybridized carbons (Fsp3) is 0.368. The smallest absolute Gasteiger partial charge is 0.212 e. The van der Waals surface area contributed by atoms with E-state index < -0.39 is 10.0 Å². The summed E-state index contributed by atoms with van der Waals surface area (Å²) in [6.07, 6.45) is 2.79. The van der Waals surface area contributed by atoms with E-state index in [4.69, 9.17) is 0 Å². The zero-order valence-corrected chi connectivity index (χ0v) is 14.4. The summed E-state index contributed by atoms with van der Waals surface area (Å²) < 4.78 is 40.4. The number of halogens is 1. The van der Waals surface area contributed by atoms with Gasteiger partial charge in [0.25, 0.3) is 0 Å². The van der Waals surface area contributed by atoms with Crippen LogP contribution in [-0.4, -0.2) is 25.8 Å². The van der Waals surface area contributed by atoms with Gasteiger partial charge in [0.2, 0.25) is 10.0 Å². The first kappa shape index (κ1) is 17.1. The van der Waals surface area contributed by atoms with Gasteiger partial charge in [-0.25, -0.2) is 17.1 Å². The molecule has 1 unspecified atom stereocenters. The average molecular weight is 347 g/mol. The van der Waals surface area contributed by atoms with Gasteiger partial charge in [0.05, 0.1) is 5.75 Å². The first-order chi connectivity index (χ1) is 11.5. The molecule has 1 aliphatic rings. The Morgan fingerprint density at radius 3 is 2.42 bits per heavy atom. The number of rotatable bonds is 4. The molecule has 0 radical (unpaired) electrons. The molecule has 2 aromatic carbocycles. The summed E-state index contributed by atoms with van der Waals surface area (Å²) in [4.78, 5) is 0. The van der Waals surface area contributed by atoms with Gasteiger partial charge in [-0.1, -0.05) is 48.9 Å². The molecule has 1 saturated heterocycles. The number of hydrogen-bond donors (Lipinski definition) is 0. The lowest BCUT2D eigenvalue weighted by atomic mass is 9.95. The first-order valence-corrected chi connectivity index (χ1v) is 9.93. The molecule has 1 atom stereocenters. The summed E-state index contributed by atoms with van der Waals surface area (Å²) in [5.41, 5.74) is 1.82. The molecule has 1 heterocycles.